The summed E-state index contributed by atoms with van der Waals surface area (Å²) in [6, 6.07) is 3.84. The maximum absolute atomic E-state index is 14.9. The van der Waals surface area contributed by atoms with E-state index in [0.29, 0.717) is 34.5 Å². The molecular weight excluding hydrogens is 405 g/mol. The van der Waals surface area contributed by atoms with Gasteiger partial charge in [-0.05, 0) is 58.6 Å². The molecular formula is C22H27ClFN5O. The van der Waals surface area contributed by atoms with Gasteiger partial charge in [-0.2, -0.15) is 0 Å². The Morgan fingerprint density at radius 2 is 2.17 bits per heavy atom. The lowest BCUT2D eigenvalue weighted by molar-refractivity contribution is -0.0562. The summed E-state index contributed by atoms with van der Waals surface area (Å²) in [6.07, 6.45) is 6.06. The van der Waals surface area contributed by atoms with Gasteiger partial charge in [0.05, 0.1) is 52.7 Å². The van der Waals surface area contributed by atoms with Crippen LogP contribution in [0.1, 0.15) is 46.5 Å². The van der Waals surface area contributed by atoms with E-state index in [4.69, 9.17) is 16.3 Å². The van der Waals surface area contributed by atoms with Gasteiger partial charge in [0, 0.05) is 11.6 Å². The average Bonchev–Trinajstić information content (AvgIpc) is 3.24. The molecule has 160 valence electrons. The lowest BCUT2D eigenvalue weighted by atomic mass is 9.77. The summed E-state index contributed by atoms with van der Waals surface area (Å²) in [5.74, 6) is 0.185. The third-order valence-electron chi connectivity index (χ3n) is 6.50. The molecule has 1 saturated carbocycles. The fraction of sp³-hybridized carbons (Fsp3) is 0.545. The van der Waals surface area contributed by atoms with E-state index in [1.807, 2.05) is 13.0 Å². The van der Waals surface area contributed by atoms with Crippen molar-refractivity contribution in [3.05, 3.63) is 29.2 Å². The largest absolute Gasteiger partial charge is 0.373 e. The van der Waals surface area contributed by atoms with Gasteiger partial charge < -0.3 is 20.3 Å². The Balaban J connectivity index is 1.45. The Kier molecular flexibility index (Phi) is 4.78. The molecule has 1 aliphatic carbocycles. The van der Waals surface area contributed by atoms with Crippen LogP contribution in [0.15, 0.2) is 18.3 Å². The van der Waals surface area contributed by atoms with E-state index in [9.17, 15) is 4.39 Å². The molecule has 1 saturated heterocycles. The van der Waals surface area contributed by atoms with Crippen molar-refractivity contribution in [2.24, 2.45) is 0 Å². The highest BCUT2D eigenvalue weighted by molar-refractivity contribution is 6.33. The second kappa shape index (κ2) is 7.24. The Bertz CT molecular complexity index is 980. The molecule has 3 aliphatic rings. The number of ether oxygens (including phenoxy) is 1. The number of aromatic nitrogens is 2. The van der Waals surface area contributed by atoms with Gasteiger partial charge in [0.1, 0.15) is 5.82 Å². The van der Waals surface area contributed by atoms with Gasteiger partial charge >= 0.3 is 0 Å². The van der Waals surface area contributed by atoms with Crippen LogP contribution in [0.25, 0.3) is 11.3 Å². The minimum absolute atomic E-state index is 0.0176. The van der Waals surface area contributed by atoms with Gasteiger partial charge in [-0.15, -0.1) is 0 Å². The van der Waals surface area contributed by atoms with E-state index >= 15 is 0 Å². The van der Waals surface area contributed by atoms with Crippen molar-refractivity contribution < 1.29 is 9.13 Å². The van der Waals surface area contributed by atoms with Crippen LogP contribution in [0.3, 0.4) is 0 Å². The first-order valence-corrected chi connectivity index (χ1v) is 11.0. The Hall–Kier alpha value is -2.12. The van der Waals surface area contributed by atoms with Crippen molar-refractivity contribution in [3.63, 3.8) is 0 Å². The summed E-state index contributed by atoms with van der Waals surface area (Å²) in [5.41, 5.74) is 2.57. The van der Waals surface area contributed by atoms with Crippen molar-refractivity contribution in [1.29, 1.82) is 0 Å². The molecule has 0 bridgehead atoms. The molecule has 0 amide bonds. The highest BCUT2D eigenvalue weighted by Gasteiger charge is 2.45. The number of nitrogens with one attached hydrogen (secondary N) is 2. The highest BCUT2D eigenvalue weighted by atomic mass is 35.5. The van der Waals surface area contributed by atoms with Gasteiger partial charge in [0.15, 0.2) is 0 Å². The molecule has 6 nitrogen and oxygen atoms in total. The number of hydrogen-bond donors (Lipinski definition) is 2. The first-order valence-electron chi connectivity index (χ1n) is 10.7. The minimum Gasteiger partial charge on any atom is -0.373 e. The Morgan fingerprint density at radius 1 is 1.37 bits per heavy atom. The van der Waals surface area contributed by atoms with Gasteiger partial charge in [0.2, 0.25) is 5.95 Å². The standard InChI is InChI=1S/C22H27ClFN5O/c1-12(2)29-13(3)26-20-17(24)7-14(8-18(20)29)19-16(23)10-25-21(28-19)27-15-9-22(30-11-15)5-4-6-22/h7-8,10,12-13,15,26H,4-6,9,11H2,1-3H3,(H,25,27,28). The number of anilines is 3. The zero-order valence-corrected chi connectivity index (χ0v) is 18.3. The van der Waals surface area contributed by atoms with Crippen molar-refractivity contribution in [3.8, 4) is 11.3 Å². The predicted octanol–water partition coefficient (Wildman–Crippen LogP) is 5.05. The van der Waals surface area contributed by atoms with E-state index in [1.165, 1.54) is 12.5 Å². The van der Waals surface area contributed by atoms with Crippen molar-refractivity contribution in [1.82, 2.24) is 9.97 Å². The number of fused-ring (bicyclic) bond motifs is 1. The van der Waals surface area contributed by atoms with Crippen LogP contribution in [0.2, 0.25) is 5.02 Å². The van der Waals surface area contributed by atoms with Gasteiger partial charge in [0.25, 0.3) is 0 Å². The van der Waals surface area contributed by atoms with E-state index in [1.54, 1.807) is 6.20 Å². The average molecular weight is 432 g/mol. The summed E-state index contributed by atoms with van der Waals surface area (Å²) in [7, 11) is 0. The van der Waals surface area contributed by atoms with Gasteiger partial charge in [-0.25, -0.2) is 14.4 Å². The van der Waals surface area contributed by atoms with Crippen molar-refractivity contribution in [2.45, 2.75) is 70.3 Å². The normalized spacial score (nSPS) is 24.1. The lowest BCUT2D eigenvalue weighted by Gasteiger charge is -2.37. The predicted molar refractivity (Wildman–Crippen MR) is 118 cm³/mol. The third kappa shape index (κ3) is 3.28. The van der Waals surface area contributed by atoms with E-state index in [-0.39, 0.29) is 29.7 Å². The van der Waals surface area contributed by atoms with Crippen LogP contribution < -0.4 is 15.5 Å². The van der Waals surface area contributed by atoms with Crippen LogP contribution in [0.4, 0.5) is 21.7 Å². The SMILES string of the molecule is CC(C)N1c2cc(-c3nc(NC4COC5(CCC5)C4)ncc3Cl)cc(F)c2NC1C. The number of rotatable bonds is 4. The summed E-state index contributed by atoms with van der Waals surface area (Å²) in [5, 5.41) is 7.00. The number of hydrogen-bond acceptors (Lipinski definition) is 6. The Morgan fingerprint density at radius 3 is 2.83 bits per heavy atom. The third-order valence-corrected chi connectivity index (χ3v) is 6.78. The highest BCUT2D eigenvalue weighted by Crippen LogP contribution is 2.44. The molecule has 3 heterocycles. The zero-order valence-electron chi connectivity index (χ0n) is 17.5. The molecule has 8 heteroatoms. The second-order valence-corrected chi connectivity index (χ2v) is 9.36. The molecule has 1 spiro atoms. The van der Waals surface area contributed by atoms with Crippen LogP contribution >= 0.6 is 11.6 Å². The topological polar surface area (TPSA) is 62.3 Å². The smallest absolute Gasteiger partial charge is 0.223 e. The molecule has 2 unspecified atom stereocenters. The molecule has 1 aromatic heterocycles. The van der Waals surface area contributed by atoms with Crippen LogP contribution in [0, 0.1) is 5.82 Å². The van der Waals surface area contributed by atoms with Gasteiger partial charge in [-0.1, -0.05) is 11.6 Å². The monoisotopic (exact) mass is 431 g/mol. The molecule has 2 fully saturated rings. The van der Waals surface area contributed by atoms with Crippen LogP contribution in [-0.4, -0.2) is 40.4 Å². The number of halogens is 2. The van der Waals surface area contributed by atoms with E-state index in [0.717, 1.165) is 24.9 Å². The molecule has 1 aromatic carbocycles. The molecule has 2 atom stereocenters. The maximum atomic E-state index is 14.9. The van der Waals surface area contributed by atoms with Gasteiger partial charge in [-0.3, -0.25) is 0 Å². The summed E-state index contributed by atoms with van der Waals surface area (Å²) in [4.78, 5) is 11.1. The molecule has 2 aromatic rings. The first-order chi connectivity index (χ1) is 14.3. The molecule has 5 rings (SSSR count). The lowest BCUT2D eigenvalue weighted by Crippen LogP contribution is -2.38. The summed E-state index contributed by atoms with van der Waals surface area (Å²) < 4.78 is 20.9. The summed E-state index contributed by atoms with van der Waals surface area (Å²) in [6.45, 7) is 6.87. The summed E-state index contributed by atoms with van der Waals surface area (Å²) >= 11 is 6.43. The van der Waals surface area contributed by atoms with Crippen LogP contribution in [-0.2, 0) is 4.74 Å². The zero-order chi connectivity index (χ0) is 21.0. The molecule has 30 heavy (non-hydrogen) atoms. The maximum Gasteiger partial charge on any atom is 0.223 e. The van der Waals surface area contributed by atoms with Crippen molar-refractivity contribution >= 4 is 28.9 Å². The van der Waals surface area contributed by atoms with Crippen molar-refractivity contribution in [2.75, 3.05) is 22.1 Å². The number of nitrogens with zero attached hydrogens (tertiary/aromatic N) is 3. The first kappa shape index (κ1) is 19.8. The molecule has 2 aliphatic heterocycles. The Labute approximate surface area is 181 Å². The molecule has 2 N–H and O–H groups in total. The minimum atomic E-state index is -0.308. The number of benzene rings is 1. The quantitative estimate of drug-likeness (QED) is 0.706. The van der Waals surface area contributed by atoms with E-state index in [2.05, 4.69) is 39.3 Å². The van der Waals surface area contributed by atoms with E-state index < -0.39 is 0 Å². The second-order valence-electron chi connectivity index (χ2n) is 8.96. The fourth-order valence-corrected chi connectivity index (χ4v) is 5.17. The van der Waals surface area contributed by atoms with Crippen LogP contribution in [0.5, 0.6) is 0 Å². The molecule has 0 radical (unpaired) electrons. The fourth-order valence-electron chi connectivity index (χ4n) is 4.97.